The van der Waals surface area contributed by atoms with E-state index in [0.29, 0.717) is 6.54 Å². The van der Waals surface area contributed by atoms with E-state index in [1.165, 1.54) is 16.5 Å². The molecule has 0 saturated carbocycles. The number of para-hydroxylation sites is 1. The van der Waals surface area contributed by atoms with Gasteiger partial charge in [0.15, 0.2) is 0 Å². The van der Waals surface area contributed by atoms with Gasteiger partial charge in [0.25, 0.3) is 0 Å². The van der Waals surface area contributed by atoms with Gasteiger partial charge in [0.2, 0.25) is 0 Å². The number of hydrogen-bond acceptors (Lipinski definition) is 3. The zero-order chi connectivity index (χ0) is 17.8. The van der Waals surface area contributed by atoms with Crippen molar-refractivity contribution >= 4 is 16.9 Å². The van der Waals surface area contributed by atoms with E-state index in [1.807, 2.05) is 4.90 Å². The van der Waals surface area contributed by atoms with Crippen LogP contribution in [0.2, 0.25) is 0 Å². The molecule has 4 rings (SSSR count). The summed E-state index contributed by atoms with van der Waals surface area (Å²) in [5.41, 5.74) is 2.58. The number of benzene rings is 1. The fourth-order valence-electron chi connectivity index (χ4n) is 3.91. The van der Waals surface area contributed by atoms with Crippen LogP contribution in [0.4, 0.5) is 4.79 Å². The molecule has 2 aromatic rings. The van der Waals surface area contributed by atoms with Crippen LogP contribution in [0.5, 0.6) is 0 Å². The van der Waals surface area contributed by atoms with Crippen LogP contribution in [-0.4, -0.2) is 72.8 Å². The summed E-state index contributed by atoms with van der Waals surface area (Å²) in [5, 5.41) is 4.34. The number of H-pyrrole nitrogens is 1. The zero-order valence-electron chi connectivity index (χ0n) is 15.2. The Bertz CT molecular complexity index is 730. The minimum Gasteiger partial charge on any atom is -0.376 e. The van der Waals surface area contributed by atoms with Gasteiger partial charge in [-0.15, -0.1) is 0 Å². The molecule has 0 spiro atoms. The topological polar surface area (TPSA) is 60.6 Å². The summed E-state index contributed by atoms with van der Waals surface area (Å²) in [6, 6.07) is 8.50. The van der Waals surface area contributed by atoms with E-state index in [1.54, 1.807) is 0 Å². The fraction of sp³-hybridized carbons (Fsp3) is 0.550. The van der Waals surface area contributed by atoms with Gasteiger partial charge in [-0.05, 0) is 30.9 Å². The highest BCUT2D eigenvalue weighted by molar-refractivity contribution is 5.83. The first-order valence-electron chi connectivity index (χ1n) is 9.71. The van der Waals surface area contributed by atoms with Crippen LogP contribution in [-0.2, 0) is 11.2 Å². The van der Waals surface area contributed by atoms with Crippen molar-refractivity contribution in [2.45, 2.75) is 25.4 Å². The Morgan fingerprint density at radius 3 is 2.88 bits per heavy atom. The van der Waals surface area contributed by atoms with Crippen LogP contribution >= 0.6 is 0 Å². The van der Waals surface area contributed by atoms with Crippen molar-refractivity contribution < 1.29 is 9.53 Å². The second-order valence-electron chi connectivity index (χ2n) is 7.26. The third-order valence-electron chi connectivity index (χ3n) is 5.54. The maximum Gasteiger partial charge on any atom is 0.317 e. The van der Waals surface area contributed by atoms with Crippen LogP contribution < -0.4 is 5.32 Å². The van der Waals surface area contributed by atoms with E-state index in [0.717, 1.165) is 58.6 Å². The van der Waals surface area contributed by atoms with Gasteiger partial charge < -0.3 is 19.9 Å². The highest BCUT2D eigenvalue weighted by Gasteiger charge is 2.22. The monoisotopic (exact) mass is 356 g/mol. The fourth-order valence-corrected chi connectivity index (χ4v) is 3.91. The quantitative estimate of drug-likeness (QED) is 0.864. The number of nitrogens with zero attached hydrogens (tertiary/aromatic N) is 2. The van der Waals surface area contributed by atoms with Crippen molar-refractivity contribution in [3.63, 3.8) is 0 Å². The number of aromatic nitrogens is 1. The van der Waals surface area contributed by atoms with E-state index < -0.39 is 0 Å². The van der Waals surface area contributed by atoms with Gasteiger partial charge in [0.05, 0.1) is 6.10 Å². The smallest absolute Gasteiger partial charge is 0.317 e. The van der Waals surface area contributed by atoms with Crippen LogP contribution in [0.1, 0.15) is 18.4 Å². The van der Waals surface area contributed by atoms with Gasteiger partial charge in [-0.2, -0.15) is 0 Å². The number of amides is 2. The number of aromatic amines is 1. The summed E-state index contributed by atoms with van der Waals surface area (Å²) in [5.74, 6) is 0. The SMILES string of the molecule is O=C(NCC1CCCO1)N1CCN(CCc2c[nH]c3ccccc23)CC1. The van der Waals surface area contributed by atoms with Crippen molar-refractivity contribution in [1.82, 2.24) is 20.1 Å². The molecule has 0 aliphatic carbocycles. The molecule has 2 amide bonds. The molecule has 2 saturated heterocycles. The lowest BCUT2D eigenvalue weighted by Gasteiger charge is -2.34. The van der Waals surface area contributed by atoms with Gasteiger partial charge in [0.1, 0.15) is 0 Å². The van der Waals surface area contributed by atoms with Gasteiger partial charge >= 0.3 is 6.03 Å². The predicted octanol–water partition coefficient (Wildman–Crippen LogP) is 2.22. The Hall–Kier alpha value is -2.05. The first-order valence-corrected chi connectivity index (χ1v) is 9.71. The van der Waals surface area contributed by atoms with E-state index in [9.17, 15) is 4.79 Å². The second kappa shape index (κ2) is 8.10. The van der Waals surface area contributed by atoms with Crippen LogP contribution in [0.3, 0.4) is 0 Å². The maximum absolute atomic E-state index is 12.3. The minimum absolute atomic E-state index is 0.0526. The van der Waals surface area contributed by atoms with Crippen molar-refractivity contribution in [3.05, 3.63) is 36.0 Å². The van der Waals surface area contributed by atoms with E-state index in [2.05, 4.69) is 45.7 Å². The maximum atomic E-state index is 12.3. The minimum atomic E-state index is 0.0526. The number of nitrogens with one attached hydrogen (secondary N) is 2. The number of piperazine rings is 1. The summed E-state index contributed by atoms with van der Waals surface area (Å²) in [6.07, 6.45) is 5.53. The molecule has 0 radical (unpaired) electrons. The molecular formula is C20H28N4O2. The van der Waals surface area contributed by atoms with Crippen molar-refractivity contribution in [2.24, 2.45) is 0 Å². The largest absolute Gasteiger partial charge is 0.376 e. The molecule has 2 N–H and O–H groups in total. The molecule has 1 aromatic heterocycles. The standard InChI is InChI=1S/C20H28N4O2/c25-20(22-15-17-4-3-13-26-17)24-11-9-23(10-12-24)8-7-16-14-21-19-6-2-1-5-18(16)19/h1-2,5-6,14,17,21H,3-4,7-13,15H2,(H,22,25). The summed E-state index contributed by atoms with van der Waals surface area (Å²) < 4.78 is 5.56. The number of ether oxygens (including phenoxy) is 1. The Kier molecular flexibility index (Phi) is 5.41. The van der Waals surface area contributed by atoms with Crippen molar-refractivity contribution in [1.29, 1.82) is 0 Å². The predicted molar refractivity (Wildman–Crippen MR) is 102 cm³/mol. The Labute approximate surface area is 154 Å². The van der Waals surface area contributed by atoms with Crippen molar-refractivity contribution in [2.75, 3.05) is 45.9 Å². The third kappa shape index (κ3) is 4.02. The Morgan fingerprint density at radius 1 is 1.23 bits per heavy atom. The number of rotatable bonds is 5. The van der Waals surface area contributed by atoms with Crippen molar-refractivity contribution in [3.8, 4) is 0 Å². The molecule has 2 aliphatic heterocycles. The molecule has 0 bridgehead atoms. The number of urea groups is 1. The summed E-state index contributed by atoms with van der Waals surface area (Å²) in [7, 11) is 0. The molecule has 6 heteroatoms. The molecule has 3 heterocycles. The van der Waals surface area contributed by atoms with Gasteiger partial charge in [-0.25, -0.2) is 4.79 Å². The molecule has 6 nitrogen and oxygen atoms in total. The number of fused-ring (bicyclic) bond motifs is 1. The van der Waals surface area contributed by atoms with Gasteiger partial charge in [-0.1, -0.05) is 18.2 Å². The lowest BCUT2D eigenvalue weighted by Crippen LogP contribution is -2.52. The second-order valence-corrected chi connectivity index (χ2v) is 7.26. The highest BCUT2D eigenvalue weighted by Crippen LogP contribution is 2.18. The molecule has 2 fully saturated rings. The Balaban J connectivity index is 1.20. The molecule has 140 valence electrons. The first-order chi connectivity index (χ1) is 12.8. The highest BCUT2D eigenvalue weighted by atomic mass is 16.5. The lowest BCUT2D eigenvalue weighted by atomic mass is 10.1. The summed E-state index contributed by atoms with van der Waals surface area (Å²) in [4.78, 5) is 20.0. The average molecular weight is 356 g/mol. The normalized spacial score (nSPS) is 21.4. The number of hydrogen-bond donors (Lipinski definition) is 2. The van der Waals surface area contributed by atoms with Crippen LogP contribution in [0.25, 0.3) is 10.9 Å². The molecule has 1 atom stereocenters. The molecule has 2 aliphatic rings. The van der Waals surface area contributed by atoms with Crippen LogP contribution in [0.15, 0.2) is 30.5 Å². The van der Waals surface area contributed by atoms with E-state index in [4.69, 9.17) is 4.74 Å². The zero-order valence-corrected chi connectivity index (χ0v) is 15.2. The molecule has 26 heavy (non-hydrogen) atoms. The number of carbonyl (C=O) groups excluding carboxylic acids is 1. The summed E-state index contributed by atoms with van der Waals surface area (Å²) >= 11 is 0. The van der Waals surface area contributed by atoms with E-state index >= 15 is 0 Å². The summed E-state index contributed by atoms with van der Waals surface area (Å²) in [6.45, 7) is 5.98. The van der Waals surface area contributed by atoms with Gasteiger partial charge in [-0.3, -0.25) is 4.90 Å². The molecule has 1 unspecified atom stereocenters. The van der Waals surface area contributed by atoms with Crippen LogP contribution in [0, 0.1) is 0 Å². The first kappa shape index (κ1) is 17.4. The average Bonchev–Trinajstić information content (AvgIpc) is 3.35. The molecule has 1 aromatic carbocycles. The third-order valence-corrected chi connectivity index (χ3v) is 5.54. The molecular weight excluding hydrogens is 328 g/mol. The lowest BCUT2D eigenvalue weighted by molar-refractivity contribution is 0.104. The number of carbonyl (C=O) groups is 1. The van der Waals surface area contributed by atoms with E-state index in [-0.39, 0.29) is 12.1 Å². The Morgan fingerprint density at radius 2 is 2.08 bits per heavy atom. The van der Waals surface area contributed by atoms with Gasteiger partial charge in [0, 0.05) is 63.0 Å².